The molecule has 5 nitrogen and oxygen atoms in total. The Morgan fingerprint density at radius 3 is 2.26 bits per heavy atom. The highest BCUT2D eigenvalue weighted by Crippen LogP contribution is 2.42. The normalized spacial score (nSPS) is 14.4. The van der Waals surface area contributed by atoms with Crippen LogP contribution in [-0.2, 0) is 0 Å². The van der Waals surface area contributed by atoms with Gasteiger partial charge in [-0.05, 0) is 36.4 Å². The Balaban J connectivity index is 1.51. The van der Waals surface area contributed by atoms with Crippen LogP contribution in [0, 0.1) is 0 Å². The van der Waals surface area contributed by atoms with E-state index in [-0.39, 0.29) is 6.17 Å². The molecule has 5 heteroatoms. The fourth-order valence-electron chi connectivity index (χ4n) is 4.85. The molecule has 0 unspecified atom stereocenters. The van der Waals surface area contributed by atoms with Crippen molar-refractivity contribution in [2.24, 2.45) is 0 Å². The molecule has 0 bridgehead atoms. The van der Waals surface area contributed by atoms with Crippen LogP contribution in [0.15, 0.2) is 115 Å². The zero-order chi connectivity index (χ0) is 22.5. The van der Waals surface area contributed by atoms with Crippen LogP contribution in [0.3, 0.4) is 0 Å². The first kappa shape index (κ1) is 18.9. The first-order valence-corrected chi connectivity index (χ1v) is 11.4. The van der Waals surface area contributed by atoms with Crippen LogP contribution in [0.4, 0.5) is 5.69 Å². The summed E-state index contributed by atoms with van der Waals surface area (Å²) in [5.41, 5.74) is 8.40. The summed E-state index contributed by atoms with van der Waals surface area (Å²) in [4.78, 5) is 5.03. The molecule has 6 aromatic rings. The van der Waals surface area contributed by atoms with Crippen molar-refractivity contribution in [2.75, 3.05) is 5.32 Å². The van der Waals surface area contributed by atoms with Crippen LogP contribution < -0.4 is 5.32 Å². The van der Waals surface area contributed by atoms with E-state index >= 15 is 0 Å². The van der Waals surface area contributed by atoms with Crippen molar-refractivity contribution < 1.29 is 0 Å². The highest BCUT2D eigenvalue weighted by Gasteiger charge is 2.31. The van der Waals surface area contributed by atoms with Crippen molar-refractivity contribution in [1.82, 2.24) is 19.3 Å². The van der Waals surface area contributed by atoms with Gasteiger partial charge in [0.05, 0.1) is 22.4 Å². The van der Waals surface area contributed by atoms with Gasteiger partial charge in [-0.15, -0.1) is 0 Å². The Morgan fingerprint density at radius 1 is 0.706 bits per heavy atom. The summed E-state index contributed by atoms with van der Waals surface area (Å²) in [7, 11) is 0. The Bertz CT molecular complexity index is 1630. The Kier molecular flexibility index (Phi) is 4.14. The average molecular weight is 440 g/mol. The first-order chi connectivity index (χ1) is 16.9. The van der Waals surface area contributed by atoms with E-state index in [1.807, 2.05) is 35.0 Å². The van der Waals surface area contributed by atoms with Gasteiger partial charge in [-0.1, -0.05) is 72.8 Å². The zero-order valence-corrected chi connectivity index (χ0v) is 18.3. The lowest BCUT2D eigenvalue weighted by Gasteiger charge is -2.30. The van der Waals surface area contributed by atoms with Crippen LogP contribution in [0.1, 0.15) is 11.7 Å². The molecule has 2 aromatic heterocycles. The topological polar surface area (TPSA) is 47.7 Å². The van der Waals surface area contributed by atoms with Gasteiger partial charge >= 0.3 is 0 Å². The minimum atomic E-state index is -0.162. The van der Waals surface area contributed by atoms with Crippen LogP contribution in [0.5, 0.6) is 0 Å². The molecule has 0 fully saturated rings. The number of rotatable bonds is 3. The monoisotopic (exact) mass is 439 g/mol. The summed E-state index contributed by atoms with van der Waals surface area (Å²) >= 11 is 0. The van der Waals surface area contributed by atoms with Crippen LogP contribution in [0.25, 0.3) is 39.4 Å². The third kappa shape index (κ3) is 2.87. The lowest BCUT2D eigenvalue weighted by atomic mass is 10.0. The highest BCUT2D eigenvalue weighted by molar-refractivity contribution is 5.87. The predicted octanol–water partition coefficient (Wildman–Crippen LogP) is 6.53. The molecular formula is C29H21N5. The number of hydrogen-bond donors (Lipinski definition) is 1. The summed E-state index contributed by atoms with van der Waals surface area (Å²) in [5, 5.41) is 8.85. The van der Waals surface area contributed by atoms with Crippen molar-refractivity contribution in [3.05, 3.63) is 121 Å². The SMILES string of the molecule is c1ccc(-c2nn(-c3ccccc3)cc2[C@@H]2Nc3ccccc3-c3nc4ccccc4n32)cc1. The molecule has 0 radical (unpaired) electrons. The standard InChI is InChI=1S/C29H21N5/c1-3-11-20(12-4-1)27-23(19-33(32-27)21-13-5-2-6-14-21)29-30-24-16-8-7-15-22(24)28-31-25-17-9-10-18-26(25)34(28)29/h1-19,29-30H/t29-/m1/s1. The van der Waals surface area contributed by atoms with Gasteiger partial charge < -0.3 is 5.32 Å². The predicted molar refractivity (Wildman–Crippen MR) is 136 cm³/mol. The fraction of sp³-hybridized carbons (Fsp3) is 0.0345. The van der Waals surface area contributed by atoms with Crippen molar-refractivity contribution in [3.8, 4) is 28.3 Å². The van der Waals surface area contributed by atoms with Gasteiger partial charge in [0, 0.05) is 28.6 Å². The quantitative estimate of drug-likeness (QED) is 0.341. The summed E-state index contributed by atoms with van der Waals surface area (Å²) in [6.45, 7) is 0. The van der Waals surface area contributed by atoms with E-state index in [0.29, 0.717) is 0 Å². The van der Waals surface area contributed by atoms with E-state index in [1.165, 1.54) is 0 Å². The molecule has 4 aromatic carbocycles. The van der Waals surface area contributed by atoms with E-state index < -0.39 is 0 Å². The molecule has 1 atom stereocenters. The maximum absolute atomic E-state index is 5.06. The van der Waals surface area contributed by atoms with Crippen molar-refractivity contribution in [2.45, 2.75) is 6.17 Å². The van der Waals surface area contributed by atoms with Gasteiger partial charge in [0.15, 0.2) is 0 Å². The minimum Gasteiger partial charge on any atom is -0.360 e. The second-order valence-electron chi connectivity index (χ2n) is 8.47. The summed E-state index contributed by atoms with van der Waals surface area (Å²) < 4.78 is 4.27. The number of benzene rings is 4. The van der Waals surface area contributed by atoms with Crippen LogP contribution in [0.2, 0.25) is 0 Å². The molecule has 0 aliphatic carbocycles. The van der Waals surface area contributed by atoms with Crippen molar-refractivity contribution >= 4 is 16.7 Å². The minimum absolute atomic E-state index is 0.162. The zero-order valence-electron chi connectivity index (χ0n) is 18.3. The van der Waals surface area contributed by atoms with Gasteiger partial charge in [0.1, 0.15) is 12.0 Å². The maximum Gasteiger partial charge on any atom is 0.145 e. The molecule has 1 aliphatic heterocycles. The summed E-state index contributed by atoms with van der Waals surface area (Å²) in [6, 6.07) is 37.3. The van der Waals surface area contributed by atoms with Crippen molar-refractivity contribution in [1.29, 1.82) is 0 Å². The van der Waals surface area contributed by atoms with Gasteiger partial charge in [0.25, 0.3) is 0 Å². The number of para-hydroxylation sites is 4. The third-order valence-electron chi connectivity index (χ3n) is 6.42. The number of anilines is 1. The molecule has 1 aliphatic rings. The Labute approximate surface area is 196 Å². The molecule has 1 N–H and O–H groups in total. The Hall–Kier alpha value is -4.64. The lowest BCUT2D eigenvalue weighted by Crippen LogP contribution is -2.25. The van der Waals surface area contributed by atoms with Gasteiger partial charge in [0.2, 0.25) is 0 Å². The van der Waals surface area contributed by atoms with E-state index in [4.69, 9.17) is 10.1 Å². The van der Waals surface area contributed by atoms with E-state index in [9.17, 15) is 0 Å². The number of imidazole rings is 1. The number of hydrogen-bond acceptors (Lipinski definition) is 3. The van der Waals surface area contributed by atoms with Crippen LogP contribution >= 0.6 is 0 Å². The number of aromatic nitrogens is 4. The molecular weight excluding hydrogens is 418 g/mol. The first-order valence-electron chi connectivity index (χ1n) is 11.4. The average Bonchev–Trinajstić information content (AvgIpc) is 3.52. The molecule has 34 heavy (non-hydrogen) atoms. The molecule has 162 valence electrons. The maximum atomic E-state index is 5.06. The van der Waals surface area contributed by atoms with E-state index in [1.54, 1.807) is 0 Å². The molecule has 0 amide bonds. The second kappa shape index (κ2) is 7.46. The molecule has 0 spiro atoms. The highest BCUT2D eigenvalue weighted by atomic mass is 15.3. The Morgan fingerprint density at radius 2 is 1.41 bits per heavy atom. The lowest BCUT2D eigenvalue weighted by molar-refractivity contribution is 0.670. The van der Waals surface area contributed by atoms with Crippen molar-refractivity contribution in [3.63, 3.8) is 0 Å². The molecule has 3 heterocycles. The summed E-state index contributed by atoms with van der Waals surface area (Å²) in [6.07, 6.45) is 1.98. The third-order valence-corrected chi connectivity index (χ3v) is 6.42. The molecule has 0 saturated heterocycles. The smallest absolute Gasteiger partial charge is 0.145 e. The van der Waals surface area contributed by atoms with Gasteiger partial charge in [-0.25, -0.2) is 9.67 Å². The largest absolute Gasteiger partial charge is 0.360 e. The number of nitrogens with zero attached hydrogens (tertiary/aromatic N) is 4. The number of fused-ring (bicyclic) bond motifs is 5. The van der Waals surface area contributed by atoms with E-state index in [2.05, 4.69) is 94.9 Å². The summed E-state index contributed by atoms with van der Waals surface area (Å²) in [5.74, 6) is 0.965. The van der Waals surface area contributed by atoms with Crippen LogP contribution in [-0.4, -0.2) is 19.3 Å². The van der Waals surface area contributed by atoms with E-state index in [0.717, 1.165) is 50.6 Å². The number of nitrogens with one attached hydrogen (secondary N) is 1. The molecule has 0 saturated carbocycles. The van der Waals surface area contributed by atoms with Gasteiger partial charge in [-0.2, -0.15) is 5.10 Å². The fourth-order valence-corrected chi connectivity index (χ4v) is 4.85. The molecule has 7 rings (SSSR count). The second-order valence-corrected chi connectivity index (χ2v) is 8.47. The van der Waals surface area contributed by atoms with Gasteiger partial charge in [-0.3, -0.25) is 4.57 Å².